The molecule has 0 aromatic rings. The predicted molar refractivity (Wildman–Crippen MR) is 93.8 cm³/mol. The van der Waals surface area contributed by atoms with Gasteiger partial charge in [-0.05, 0) is 0 Å². The van der Waals surface area contributed by atoms with E-state index in [0.29, 0.717) is 0 Å². The molecular weight excluding hydrogens is 477 g/mol. The molecule has 2 heterocycles. The standard InChI is InChI=1S/C12H23O14P.2K.2H/c13-1-4-7(16)10(19)12(3-14,25-4)26-11-9(18)8(17)6(15)5(24-11)2-23-27(20,21)22;;;;/h4-11,13-19H,1-3H2,(H2,20,21,22);;;;/t4-,5-,6-,7-,8+,9-,10+,11-,12+;;;;/m1..../s1. The molecule has 0 amide bonds. The van der Waals surface area contributed by atoms with E-state index in [2.05, 4.69) is 4.52 Å². The number of hydrogen-bond donors (Lipinski definition) is 9. The van der Waals surface area contributed by atoms with Gasteiger partial charge in [0.25, 0.3) is 0 Å². The Balaban J connectivity index is 0.00000392. The molecule has 2 fully saturated rings. The van der Waals surface area contributed by atoms with Gasteiger partial charge in [-0.3, -0.25) is 4.52 Å². The summed E-state index contributed by atoms with van der Waals surface area (Å²) in [4.78, 5) is 17.4. The fourth-order valence-corrected chi connectivity index (χ4v) is 3.13. The van der Waals surface area contributed by atoms with Crippen molar-refractivity contribution in [2.75, 3.05) is 19.8 Å². The van der Waals surface area contributed by atoms with E-state index in [1.165, 1.54) is 0 Å². The maximum absolute atomic E-state index is 10.8. The van der Waals surface area contributed by atoms with E-state index in [0.717, 1.165) is 0 Å². The van der Waals surface area contributed by atoms with Crippen LogP contribution in [0.15, 0.2) is 0 Å². The zero-order chi connectivity index (χ0) is 20.6. The van der Waals surface area contributed by atoms with Crippen LogP contribution in [0.4, 0.5) is 0 Å². The Morgan fingerprint density at radius 1 is 0.897 bits per heavy atom. The van der Waals surface area contributed by atoms with Crippen LogP contribution >= 0.6 is 7.82 Å². The summed E-state index contributed by atoms with van der Waals surface area (Å²) < 4.78 is 30.4. The number of hydrogen-bond acceptors (Lipinski definition) is 12. The van der Waals surface area contributed by atoms with Crippen LogP contribution in [-0.4, -0.2) is 223 Å². The Morgan fingerprint density at radius 3 is 1.93 bits per heavy atom. The summed E-state index contributed by atoms with van der Waals surface area (Å²) in [5, 5.41) is 68.3. The van der Waals surface area contributed by atoms with Gasteiger partial charge in [0, 0.05) is 0 Å². The maximum atomic E-state index is 10.8. The molecule has 2 aliphatic heterocycles. The topological polar surface area (TPSA) is 236 Å². The van der Waals surface area contributed by atoms with Gasteiger partial charge < -0.3 is 59.7 Å². The van der Waals surface area contributed by atoms with Crippen molar-refractivity contribution in [3.05, 3.63) is 0 Å². The van der Waals surface area contributed by atoms with Crippen molar-refractivity contribution in [1.82, 2.24) is 0 Å². The van der Waals surface area contributed by atoms with Crippen molar-refractivity contribution in [3.8, 4) is 0 Å². The van der Waals surface area contributed by atoms with Crippen LogP contribution in [-0.2, 0) is 23.3 Å². The summed E-state index contributed by atoms with van der Waals surface area (Å²) in [5.41, 5.74) is 0. The van der Waals surface area contributed by atoms with Crippen molar-refractivity contribution in [3.63, 3.8) is 0 Å². The van der Waals surface area contributed by atoms with Gasteiger partial charge in [-0.2, -0.15) is 0 Å². The summed E-state index contributed by atoms with van der Waals surface area (Å²) in [6.07, 6.45) is -14.0. The van der Waals surface area contributed by atoms with Gasteiger partial charge in [0.15, 0.2) is 6.29 Å². The van der Waals surface area contributed by atoms with E-state index in [1.54, 1.807) is 0 Å². The van der Waals surface area contributed by atoms with E-state index in [1.807, 2.05) is 0 Å². The van der Waals surface area contributed by atoms with Gasteiger partial charge in [0.05, 0.1) is 13.2 Å². The molecule has 0 unspecified atom stereocenters. The first kappa shape index (κ1) is 32.0. The monoisotopic (exact) mass is 502 g/mol. The molecule has 9 atom stereocenters. The summed E-state index contributed by atoms with van der Waals surface area (Å²) in [6, 6.07) is 0. The molecular formula is C12H25K2O14P. The Labute approximate surface area is 250 Å². The summed E-state index contributed by atoms with van der Waals surface area (Å²) in [6.45, 7) is -2.69. The number of phosphoric ester groups is 1. The average Bonchev–Trinajstić information content (AvgIpc) is 2.85. The average molecular weight is 502 g/mol. The van der Waals surface area contributed by atoms with Crippen molar-refractivity contribution in [2.45, 2.75) is 54.8 Å². The number of rotatable bonds is 7. The van der Waals surface area contributed by atoms with Crippen LogP contribution in [0.5, 0.6) is 0 Å². The van der Waals surface area contributed by atoms with Gasteiger partial charge in [0.2, 0.25) is 5.79 Å². The van der Waals surface area contributed by atoms with Crippen LogP contribution in [0.1, 0.15) is 0 Å². The van der Waals surface area contributed by atoms with Crippen molar-refractivity contribution in [1.29, 1.82) is 0 Å². The molecule has 0 aromatic heterocycles. The van der Waals surface area contributed by atoms with E-state index in [9.17, 15) is 35.2 Å². The van der Waals surface area contributed by atoms with Crippen molar-refractivity contribution < 1.29 is 68.8 Å². The molecule has 164 valence electrons. The third-order valence-corrected chi connectivity index (χ3v) is 4.78. The molecule has 2 rings (SSSR count). The number of aliphatic hydroxyl groups excluding tert-OH is 7. The van der Waals surface area contributed by atoms with Crippen LogP contribution in [0.25, 0.3) is 0 Å². The second-order valence-electron chi connectivity index (χ2n) is 6.16. The van der Waals surface area contributed by atoms with E-state index >= 15 is 0 Å². The number of phosphoric acid groups is 1. The van der Waals surface area contributed by atoms with Gasteiger partial charge in [-0.15, -0.1) is 0 Å². The zero-order valence-electron chi connectivity index (χ0n) is 13.8. The second-order valence-corrected chi connectivity index (χ2v) is 7.40. The zero-order valence-corrected chi connectivity index (χ0v) is 14.6. The molecule has 0 spiro atoms. The normalized spacial score (nSPS) is 42.8. The molecule has 2 aliphatic rings. The summed E-state index contributed by atoms with van der Waals surface area (Å²) in [7, 11) is -4.93. The molecule has 29 heavy (non-hydrogen) atoms. The van der Waals surface area contributed by atoms with Gasteiger partial charge in [-0.25, -0.2) is 4.57 Å². The quantitative estimate of drug-likeness (QED) is 0.116. The fourth-order valence-electron chi connectivity index (χ4n) is 2.79. The second kappa shape index (κ2) is 13.2. The van der Waals surface area contributed by atoms with Crippen LogP contribution in [0.2, 0.25) is 0 Å². The van der Waals surface area contributed by atoms with Crippen LogP contribution < -0.4 is 0 Å². The Hall–Kier alpha value is 2.98. The van der Waals surface area contributed by atoms with Gasteiger partial charge in [0.1, 0.15) is 49.3 Å². The van der Waals surface area contributed by atoms with Crippen molar-refractivity contribution >= 4 is 111 Å². The summed E-state index contributed by atoms with van der Waals surface area (Å²) in [5.74, 6) is -2.35. The first-order valence-corrected chi connectivity index (χ1v) is 9.32. The first-order chi connectivity index (χ1) is 12.5. The van der Waals surface area contributed by atoms with E-state index in [-0.39, 0.29) is 103 Å². The van der Waals surface area contributed by atoms with Crippen LogP contribution in [0, 0.1) is 0 Å². The summed E-state index contributed by atoms with van der Waals surface area (Å²) >= 11 is 0. The van der Waals surface area contributed by atoms with E-state index in [4.69, 9.17) is 29.1 Å². The van der Waals surface area contributed by atoms with Crippen molar-refractivity contribution in [2.24, 2.45) is 0 Å². The van der Waals surface area contributed by atoms with Gasteiger partial charge in [-0.1, -0.05) is 0 Å². The minimum atomic E-state index is -4.93. The number of aliphatic hydroxyl groups is 7. The molecule has 9 N–H and O–H groups in total. The Morgan fingerprint density at radius 2 is 1.48 bits per heavy atom. The molecule has 0 saturated carbocycles. The Kier molecular flexibility index (Phi) is 14.5. The Bertz CT molecular complexity index is 553. The first-order valence-electron chi connectivity index (χ1n) is 7.79. The molecule has 17 heteroatoms. The van der Waals surface area contributed by atoms with Crippen LogP contribution in [0.3, 0.4) is 0 Å². The molecule has 0 aliphatic carbocycles. The fraction of sp³-hybridized carbons (Fsp3) is 1.00. The third-order valence-electron chi connectivity index (χ3n) is 4.30. The predicted octanol–water partition coefficient (Wildman–Crippen LogP) is -6.58. The number of ether oxygens (including phenoxy) is 3. The molecule has 0 aromatic carbocycles. The minimum absolute atomic E-state index is 0. The molecule has 14 nitrogen and oxygen atoms in total. The SMILES string of the molecule is O=P(O)(O)OC[C@H]1O[C@H](O[C@]2(CO)O[C@H](CO)[C@@H](O)[C@@H]2O)[C@H](O)[C@@H](O)[C@@H]1O.[KH].[KH]. The third kappa shape index (κ3) is 7.74. The van der Waals surface area contributed by atoms with E-state index < -0.39 is 82.4 Å². The van der Waals surface area contributed by atoms with Gasteiger partial charge >= 0.3 is 111 Å². The molecule has 2 saturated heterocycles. The molecule has 0 bridgehead atoms. The molecule has 0 radical (unpaired) electrons.